The third-order valence-corrected chi connectivity index (χ3v) is 5.65. The number of aryl methyl sites for hydroxylation is 1. The fourth-order valence-corrected chi connectivity index (χ4v) is 3.99. The highest BCUT2D eigenvalue weighted by Gasteiger charge is 2.26. The first kappa shape index (κ1) is 22.5. The standard InChI is InChI=1S/C21H27N5O4S/c1-3-30-18(27)17-13-31-21(24-17)26(20(29)23-15-7-5-4-6-8-15)25-19(28)22-16-11-9-14(2)10-12-16/h9-13,15H,3-8H2,1-2H3,(H,23,29)(H2,22,25,28). The number of rotatable bonds is 5. The van der Waals surface area contributed by atoms with Crippen molar-refractivity contribution in [3.63, 3.8) is 0 Å². The Balaban J connectivity index is 1.74. The number of amides is 4. The van der Waals surface area contributed by atoms with Gasteiger partial charge in [-0.1, -0.05) is 37.0 Å². The maximum absolute atomic E-state index is 13.0. The van der Waals surface area contributed by atoms with Crippen molar-refractivity contribution in [2.45, 2.75) is 52.0 Å². The minimum atomic E-state index is -0.601. The van der Waals surface area contributed by atoms with Crippen molar-refractivity contribution in [1.29, 1.82) is 0 Å². The van der Waals surface area contributed by atoms with Gasteiger partial charge in [0.25, 0.3) is 0 Å². The first-order valence-corrected chi connectivity index (χ1v) is 11.2. The van der Waals surface area contributed by atoms with Gasteiger partial charge in [-0.25, -0.2) is 24.8 Å². The summed E-state index contributed by atoms with van der Waals surface area (Å²) in [6.45, 7) is 3.87. The molecule has 9 nitrogen and oxygen atoms in total. The summed E-state index contributed by atoms with van der Waals surface area (Å²) in [6.07, 6.45) is 5.04. The van der Waals surface area contributed by atoms with Crippen LogP contribution >= 0.6 is 11.3 Å². The molecule has 1 fully saturated rings. The largest absolute Gasteiger partial charge is 0.461 e. The Morgan fingerprint density at radius 3 is 2.55 bits per heavy atom. The van der Waals surface area contributed by atoms with Crippen LogP contribution in [0.2, 0.25) is 0 Å². The molecule has 0 unspecified atom stereocenters. The third-order valence-electron chi connectivity index (χ3n) is 4.83. The van der Waals surface area contributed by atoms with Crippen molar-refractivity contribution in [2.24, 2.45) is 0 Å². The van der Waals surface area contributed by atoms with E-state index in [1.54, 1.807) is 19.1 Å². The molecule has 3 rings (SSSR count). The van der Waals surface area contributed by atoms with Crippen LogP contribution in [-0.2, 0) is 4.74 Å². The Labute approximate surface area is 185 Å². The van der Waals surface area contributed by atoms with Crippen LogP contribution < -0.4 is 21.1 Å². The number of hydrogen-bond donors (Lipinski definition) is 3. The van der Waals surface area contributed by atoms with E-state index in [0.29, 0.717) is 5.69 Å². The molecule has 1 aliphatic carbocycles. The minimum absolute atomic E-state index is 0.0372. The van der Waals surface area contributed by atoms with E-state index in [4.69, 9.17) is 4.74 Å². The Kier molecular flexibility index (Phi) is 7.82. The lowest BCUT2D eigenvalue weighted by atomic mass is 9.96. The lowest BCUT2D eigenvalue weighted by Gasteiger charge is -2.27. The second-order valence-electron chi connectivity index (χ2n) is 7.29. The Morgan fingerprint density at radius 1 is 1.16 bits per heavy atom. The molecule has 166 valence electrons. The number of esters is 1. The molecule has 0 aliphatic heterocycles. The van der Waals surface area contributed by atoms with E-state index in [9.17, 15) is 14.4 Å². The van der Waals surface area contributed by atoms with Crippen LogP contribution in [0, 0.1) is 6.92 Å². The number of carbonyl (C=O) groups excluding carboxylic acids is 3. The summed E-state index contributed by atoms with van der Waals surface area (Å²) in [5, 5.41) is 8.33. The number of benzene rings is 1. The van der Waals surface area contributed by atoms with Crippen LogP contribution in [0.4, 0.5) is 20.4 Å². The minimum Gasteiger partial charge on any atom is -0.461 e. The zero-order valence-corrected chi connectivity index (χ0v) is 18.5. The van der Waals surface area contributed by atoms with Crippen molar-refractivity contribution in [1.82, 2.24) is 15.7 Å². The molecule has 10 heteroatoms. The van der Waals surface area contributed by atoms with Crippen LogP contribution in [0.25, 0.3) is 0 Å². The third kappa shape index (κ3) is 6.42. The number of anilines is 2. The summed E-state index contributed by atoms with van der Waals surface area (Å²) >= 11 is 1.06. The summed E-state index contributed by atoms with van der Waals surface area (Å²) in [4.78, 5) is 41.7. The molecule has 31 heavy (non-hydrogen) atoms. The maximum atomic E-state index is 13.0. The molecule has 2 aromatic rings. The lowest BCUT2D eigenvalue weighted by molar-refractivity contribution is 0.0520. The number of nitrogens with zero attached hydrogens (tertiary/aromatic N) is 2. The molecule has 1 saturated carbocycles. The number of hydrazine groups is 1. The summed E-state index contributed by atoms with van der Waals surface area (Å²) < 4.78 is 4.96. The molecule has 1 aromatic carbocycles. The second-order valence-corrected chi connectivity index (χ2v) is 8.12. The Hall–Kier alpha value is -3.14. The van der Waals surface area contributed by atoms with Crippen LogP contribution in [0.1, 0.15) is 55.1 Å². The zero-order chi connectivity index (χ0) is 22.2. The summed E-state index contributed by atoms with van der Waals surface area (Å²) in [6, 6.07) is 6.21. The van der Waals surface area contributed by atoms with Gasteiger partial charge in [0, 0.05) is 17.1 Å². The average Bonchev–Trinajstić information content (AvgIpc) is 3.24. The van der Waals surface area contributed by atoms with Crippen LogP contribution in [0.15, 0.2) is 29.6 Å². The SMILES string of the molecule is CCOC(=O)c1csc(N(NC(=O)Nc2ccc(C)cc2)C(=O)NC2CCCCC2)n1. The maximum Gasteiger partial charge on any atom is 0.357 e. The van der Waals surface area contributed by atoms with Crippen molar-refractivity contribution in [2.75, 3.05) is 16.9 Å². The number of thiazole rings is 1. The Bertz CT molecular complexity index is 909. The summed E-state index contributed by atoms with van der Waals surface area (Å²) in [7, 11) is 0. The Morgan fingerprint density at radius 2 is 1.87 bits per heavy atom. The number of hydrogen-bond acceptors (Lipinski definition) is 6. The van der Waals surface area contributed by atoms with Gasteiger partial charge in [0.15, 0.2) is 5.69 Å². The number of aromatic nitrogens is 1. The predicted octanol–water partition coefficient (Wildman–Crippen LogP) is 4.21. The number of nitrogens with one attached hydrogen (secondary N) is 3. The highest BCUT2D eigenvalue weighted by Crippen LogP contribution is 2.22. The van der Waals surface area contributed by atoms with Gasteiger partial charge in [-0.05, 0) is 38.8 Å². The fraction of sp³-hybridized carbons (Fsp3) is 0.429. The van der Waals surface area contributed by atoms with Crippen molar-refractivity contribution in [3.05, 3.63) is 40.9 Å². The van der Waals surface area contributed by atoms with E-state index >= 15 is 0 Å². The van der Waals surface area contributed by atoms with E-state index in [0.717, 1.165) is 54.0 Å². The summed E-state index contributed by atoms with van der Waals surface area (Å²) in [5.41, 5.74) is 4.27. The van der Waals surface area contributed by atoms with E-state index < -0.39 is 18.0 Å². The summed E-state index contributed by atoms with van der Waals surface area (Å²) in [5.74, 6) is -0.582. The van der Waals surface area contributed by atoms with Gasteiger partial charge in [-0.2, -0.15) is 5.01 Å². The lowest BCUT2D eigenvalue weighted by Crippen LogP contribution is -2.54. The molecule has 0 saturated heterocycles. The van der Waals surface area contributed by atoms with Crippen LogP contribution in [0.3, 0.4) is 0 Å². The van der Waals surface area contributed by atoms with Gasteiger partial charge in [-0.3, -0.25) is 0 Å². The highest BCUT2D eigenvalue weighted by atomic mass is 32.1. The first-order chi connectivity index (χ1) is 15.0. The van der Waals surface area contributed by atoms with Gasteiger partial charge in [-0.15, -0.1) is 11.3 Å². The van der Waals surface area contributed by atoms with Gasteiger partial charge in [0.05, 0.1) is 6.61 Å². The molecule has 0 atom stereocenters. The molecule has 3 N–H and O–H groups in total. The number of carbonyl (C=O) groups is 3. The topological polar surface area (TPSA) is 113 Å². The van der Waals surface area contributed by atoms with E-state index in [1.807, 2.05) is 19.1 Å². The molecular formula is C21H27N5O4S. The van der Waals surface area contributed by atoms with Gasteiger partial charge in [0.1, 0.15) is 0 Å². The van der Waals surface area contributed by atoms with Gasteiger partial charge in [0.2, 0.25) is 5.13 Å². The van der Waals surface area contributed by atoms with E-state index in [2.05, 4.69) is 21.0 Å². The monoisotopic (exact) mass is 445 g/mol. The van der Waals surface area contributed by atoms with E-state index in [1.165, 1.54) is 5.38 Å². The van der Waals surface area contributed by atoms with Crippen molar-refractivity contribution in [3.8, 4) is 0 Å². The molecule has 1 aromatic heterocycles. The van der Waals surface area contributed by atoms with Gasteiger partial charge < -0.3 is 15.4 Å². The molecule has 1 heterocycles. The predicted molar refractivity (Wildman–Crippen MR) is 119 cm³/mol. The quantitative estimate of drug-likeness (QED) is 0.471. The average molecular weight is 446 g/mol. The molecular weight excluding hydrogens is 418 g/mol. The number of ether oxygens (including phenoxy) is 1. The van der Waals surface area contributed by atoms with Crippen LogP contribution in [-0.4, -0.2) is 35.7 Å². The van der Waals surface area contributed by atoms with Gasteiger partial charge >= 0.3 is 18.0 Å². The van der Waals surface area contributed by atoms with Crippen molar-refractivity contribution < 1.29 is 19.1 Å². The highest BCUT2D eigenvalue weighted by molar-refractivity contribution is 7.14. The first-order valence-electron chi connectivity index (χ1n) is 10.3. The number of urea groups is 2. The molecule has 0 bridgehead atoms. The van der Waals surface area contributed by atoms with Crippen molar-refractivity contribution >= 4 is 40.2 Å². The normalized spacial score (nSPS) is 13.9. The fourth-order valence-electron chi connectivity index (χ4n) is 3.23. The van der Waals surface area contributed by atoms with Crippen LogP contribution in [0.5, 0.6) is 0 Å². The zero-order valence-electron chi connectivity index (χ0n) is 17.6. The smallest absolute Gasteiger partial charge is 0.357 e. The molecule has 0 radical (unpaired) electrons. The second kappa shape index (κ2) is 10.8. The van der Waals surface area contributed by atoms with E-state index in [-0.39, 0.29) is 23.5 Å². The molecule has 4 amide bonds. The molecule has 0 spiro atoms. The molecule has 1 aliphatic rings.